The molecule has 0 amide bonds. The largest absolute Gasteiger partial charge is 0.403 e. The van der Waals surface area contributed by atoms with Crippen molar-refractivity contribution in [3.8, 4) is 0 Å². The van der Waals surface area contributed by atoms with Crippen molar-refractivity contribution in [2.45, 2.75) is 0 Å². The summed E-state index contributed by atoms with van der Waals surface area (Å²) in [6.07, 6.45) is 0. The van der Waals surface area contributed by atoms with Crippen LogP contribution in [-0.4, -0.2) is 14.8 Å². The van der Waals surface area contributed by atoms with Crippen molar-refractivity contribution in [2.24, 2.45) is 0 Å². The highest BCUT2D eigenvalue weighted by Crippen LogP contribution is 2.43. The van der Waals surface area contributed by atoms with Crippen LogP contribution in [0.4, 0.5) is 10.7 Å². The number of rotatable bonds is 2. The minimum absolute atomic E-state index is 0.209. The lowest BCUT2D eigenvalue weighted by molar-refractivity contribution is -0.417. The zero-order valence-electron chi connectivity index (χ0n) is 9.27. The Morgan fingerprint density at radius 1 is 1.11 bits per heavy atom. The number of benzene rings is 1. The Labute approximate surface area is 109 Å². The van der Waals surface area contributed by atoms with Crippen molar-refractivity contribution in [3.05, 3.63) is 50.6 Å². The average Bonchev–Trinajstić information content (AvgIpc) is 2.74. The molecule has 0 aliphatic heterocycles. The fourth-order valence-corrected chi connectivity index (χ4v) is 2.85. The molecule has 2 heterocycles. The predicted molar refractivity (Wildman–Crippen MR) is 70.4 cm³/mol. The molecule has 3 rings (SSSR count). The van der Waals surface area contributed by atoms with Crippen LogP contribution in [0, 0.1) is 20.2 Å². The first-order valence-corrected chi connectivity index (χ1v) is 6.00. The van der Waals surface area contributed by atoms with E-state index < -0.39 is 20.5 Å². The van der Waals surface area contributed by atoms with Gasteiger partial charge in [-0.1, -0.05) is 18.2 Å². The highest BCUT2D eigenvalue weighted by molar-refractivity contribution is 7.22. The summed E-state index contributed by atoms with van der Waals surface area (Å²) >= 11 is 0.723. The van der Waals surface area contributed by atoms with Gasteiger partial charge in [0.25, 0.3) is 0 Å². The molecule has 0 aliphatic rings. The lowest BCUT2D eigenvalue weighted by Crippen LogP contribution is -1.92. The second-order valence-electron chi connectivity index (χ2n) is 3.80. The Morgan fingerprint density at radius 3 is 2.53 bits per heavy atom. The molecule has 0 fully saturated rings. The van der Waals surface area contributed by atoms with E-state index in [1.807, 2.05) is 0 Å². The SMILES string of the molecule is O=[N+]([O-])c1sc2nc3ccccc3cc2c1[N+](=O)[O-]. The van der Waals surface area contributed by atoms with Gasteiger partial charge in [0.1, 0.15) is 4.83 Å². The molecule has 8 heteroatoms. The lowest BCUT2D eigenvalue weighted by atomic mass is 10.2. The average molecular weight is 275 g/mol. The van der Waals surface area contributed by atoms with Gasteiger partial charge in [-0.3, -0.25) is 20.2 Å². The minimum atomic E-state index is -0.741. The molecular weight excluding hydrogens is 270 g/mol. The molecule has 0 saturated heterocycles. The number of nitrogens with zero attached hydrogens (tertiary/aromatic N) is 3. The van der Waals surface area contributed by atoms with Gasteiger partial charge in [0.05, 0.1) is 20.7 Å². The van der Waals surface area contributed by atoms with Crippen LogP contribution in [0.25, 0.3) is 21.1 Å². The van der Waals surface area contributed by atoms with Crippen LogP contribution in [-0.2, 0) is 0 Å². The molecule has 0 radical (unpaired) electrons. The highest BCUT2D eigenvalue weighted by Gasteiger charge is 2.32. The first-order chi connectivity index (χ1) is 9.08. The molecule has 0 unspecified atom stereocenters. The Kier molecular flexibility index (Phi) is 2.39. The van der Waals surface area contributed by atoms with Crippen LogP contribution in [0.2, 0.25) is 0 Å². The van der Waals surface area contributed by atoms with Gasteiger partial charge in [0.15, 0.2) is 0 Å². The lowest BCUT2D eigenvalue weighted by Gasteiger charge is -1.95. The fourth-order valence-electron chi connectivity index (χ4n) is 1.90. The van der Waals surface area contributed by atoms with E-state index in [1.54, 1.807) is 30.3 Å². The predicted octanol–water partition coefficient (Wildman–Crippen LogP) is 3.27. The zero-order chi connectivity index (χ0) is 13.6. The second-order valence-corrected chi connectivity index (χ2v) is 4.78. The summed E-state index contributed by atoms with van der Waals surface area (Å²) in [5, 5.41) is 22.3. The maximum Gasteiger partial charge on any atom is 0.403 e. The molecule has 94 valence electrons. The van der Waals surface area contributed by atoms with Gasteiger partial charge in [-0.25, -0.2) is 4.98 Å². The van der Waals surface area contributed by atoms with Crippen LogP contribution in [0.1, 0.15) is 0 Å². The monoisotopic (exact) mass is 275 g/mol. The molecule has 0 atom stereocenters. The number of nitro groups is 2. The van der Waals surface area contributed by atoms with E-state index in [1.165, 1.54) is 0 Å². The molecule has 1 aromatic carbocycles. The summed E-state index contributed by atoms with van der Waals surface area (Å²) in [5.74, 6) is 0. The van der Waals surface area contributed by atoms with Gasteiger partial charge >= 0.3 is 10.7 Å². The molecule has 0 aliphatic carbocycles. The standard InChI is InChI=1S/C11H5N3O4S/c15-13(16)9-7-5-6-3-1-2-4-8(6)12-10(7)19-11(9)14(17)18/h1-5H. The molecule has 19 heavy (non-hydrogen) atoms. The topological polar surface area (TPSA) is 99.2 Å². The third-order valence-electron chi connectivity index (χ3n) is 2.69. The first kappa shape index (κ1) is 11.5. The summed E-state index contributed by atoms with van der Waals surface area (Å²) in [4.78, 5) is 25.0. The van der Waals surface area contributed by atoms with Crippen molar-refractivity contribution in [2.75, 3.05) is 0 Å². The smallest absolute Gasteiger partial charge is 0.258 e. The third kappa shape index (κ3) is 1.69. The highest BCUT2D eigenvalue weighted by atomic mass is 32.1. The van der Waals surface area contributed by atoms with Crippen molar-refractivity contribution < 1.29 is 9.85 Å². The summed E-state index contributed by atoms with van der Waals surface area (Å²) < 4.78 is 0. The van der Waals surface area contributed by atoms with Crippen LogP contribution >= 0.6 is 11.3 Å². The number of para-hydroxylation sites is 1. The number of fused-ring (bicyclic) bond motifs is 2. The van der Waals surface area contributed by atoms with E-state index in [0.717, 1.165) is 11.3 Å². The van der Waals surface area contributed by atoms with E-state index in [0.29, 0.717) is 15.7 Å². The molecule has 7 nitrogen and oxygen atoms in total. The molecule has 0 spiro atoms. The van der Waals surface area contributed by atoms with Gasteiger partial charge in [-0.15, -0.1) is 0 Å². The summed E-state index contributed by atoms with van der Waals surface area (Å²) in [7, 11) is 0. The van der Waals surface area contributed by atoms with Crippen LogP contribution in [0.5, 0.6) is 0 Å². The third-order valence-corrected chi connectivity index (χ3v) is 3.73. The Balaban J connectivity index is 2.47. The van der Waals surface area contributed by atoms with Gasteiger partial charge in [0, 0.05) is 5.39 Å². The zero-order valence-corrected chi connectivity index (χ0v) is 10.1. The van der Waals surface area contributed by atoms with Gasteiger partial charge in [0.2, 0.25) is 0 Å². The summed E-state index contributed by atoms with van der Waals surface area (Å²) in [5.41, 5.74) is 0.171. The van der Waals surface area contributed by atoms with Crippen LogP contribution in [0.3, 0.4) is 0 Å². The normalized spacial score (nSPS) is 10.9. The van der Waals surface area contributed by atoms with E-state index >= 15 is 0 Å². The maximum absolute atomic E-state index is 11.0. The van der Waals surface area contributed by atoms with Gasteiger partial charge < -0.3 is 0 Å². The fraction of sp³-hybridized carbons (Fsp3) is 0. The van der Waals surface area contributed by atoms with Crippen molar-refractivity contribution >= 4 is 43.1 Å². The molecule has 0 N–H and O–H groups in total. The molecule has 3 aromatic rings. The van der Waals surface area contributed by atoms with Crippen molar-refractivity contribution in [1.82, 2.24) is 4.98 Å². The summed E-state index contributed by atoms with van der Waals surface area (Å²) in [6, 6.07) is 8.65. The first-order valence-electron chi connectivity index (χ1n) is 5.19. The number of aromatic nitrogens is 1. The van der Waals surface area contributed by atoms with E-state index in [2.05, 4.69) is 4.98 Å². The van der Waals surface area contributed by atoms with Crippen LogP contribution < -0.4 is 0 Å². The second kappa shape index (κ2) is 3.95. The number of hydrogen-bond donors (Lipinski definition) is 0. The summed E-state index contributed by atoms with van der Waals surface area (Å²) in [6.45, 7) is 0. The Morgan fingerprint density at radius 2 is 1.84 bits per heavy atom. The van der Waals surface area contributed by atoms with E-state index in [9.17, 15) is 20.2 Å². The number of pyridine rings is 1. The molecule has 0 saturated carbocycles. The van der Waals surface area contributed by atoms with E-state index in [4.69, 9.17) is 0 Å². The van der Waals surface area contributed by atoms with Gasteiger partial charge in [-0.2, -0.15) is 0 Å². The Bertz CT molecular complexity index is 842. The van der Waals surface area contributed by atoms with Crippen LogP contribution in [0.15, 0.2) is 30.3 Å². The quantitative estimate of drug-likeness (QED) is 0.527. The molecule has 0 bridgehead atoms. The van der Waals surface area contributed by atoms with Crippen molar-refractivity contribution in [3.63, 3.8) is 0 Å². The number of hydrogen-bond acceptors (Lipinski definition) is 6. The number of thiophene rings is 1. The maximum atomic E-state index is 11.0. The van der Waals surface area contributed by atoms with Gasteiger partial charge in [-0.05, 0) is 23.5 Å². The van der Waals surface area contributed by atoms with Crippen molar-refractivity contribution in [1.29, 1.82) is 0 Å². The minimum Gasteiger partial charge on any atom is -0.258 e. The van der Waals surface area contributed by atoms with E-state index in [-0.39, 0.29) is 5.39 Å². The Hall–Kier alpha value is -2.61. The molecule has 2 aromatic heterocycles. The molecular formula is C11H5N3O4S.